The third-order valence-electron chi connectivity index (χ3n) is 3.67. The van der Waals surface area contributed by atoms with Crippen LogP contribution in [0.25, 0.3) is 0 Å². The number of hydrazine groups is 1. The number of benzene rings is 1. The van der Waals surface area contributed by atoms with E-state index in [-0.39, 0.29) is 6.04 Å². The minimum absolute atomic E-state index is 0.268. The summed E-state index contributed by atoms with van der Waals surface area (Å²) in [6.07, 6.45) is 4.54. The van der Waals surface area contributed by atoms with Crippen LogP contribution < -0.4 is 11.3 Å². The van der Waals surface area contributed by atoms with Crippen LogP contribution >= 0.6 is 35.0 Å². The molecule has 0 amide bonds. The normalized spacial score (nSPS) is 18.5. The van der Waals surface area contributed by atoms with Gasteiger partial charge >= 0.3 is 0 Å². The predicted octanol–water partition coefficient (Wildman–Crippen LogP) is 3.90. The lowest BCUT2D eigenvalue weighted by atomic mass is 9.91. The summed E-state index contributed by atoms with van der Waals surface area (Å²) in [5, 5.41) is 1.49. The second kappa shape index (κ2) is 7.75. The van der Waals surface area contributed by atoms with E-state index in [4.69, 9.17) is 29.0 Å². The van der Waals surface area contributed by atoms with Crippen molar-refractivity contribution in [2.75, 3.05) is 11.5 Å². The molecule has 106 valence electrons. The molecular formula is C14H20Cl2N2S. The van der Waals surface area contributed by atoms with Crippen molar-refractivity contribution in [1.29, 1.82) is 0 Å². The van der Waals surface area contributed by atoms with E-state index in [0.29, 0.717) is 0 Å². The van der Waals surface area contributed by atoms with Gasteiger partial charge in [0.1, 0.15) is 0 Å². The Labute approximate surface area is 129 Å². The summed E-state index contributed by atoms with van der Waals surface area (Å²) in [6, 6.07) is 5.87. The standard InChI is InChI=1S/C14H20Cl2N2S/c15-12-1-2-14(16)11(8-12)9-13(18-17)7-10-3-5-19-6-4-10/h1-2,8,10,13,18H,3-7,9,17H2. The molecule has 1 aliphatic heterocycles. The zero-order valence-corrected chi connectivity index (χ0v) is 13.2. The van der Waals surface area contributed by atoms with Gasteiger partial charge in [-0.15, -0.1) is 0 Å². The minimum atomic E-state index is 0.268. The van der Waals surface area contributed by atoms with Crippen molar-refractivity contribution in [3.05, 3.63) is 33.8 Å². The Hall–Kier alpha value is 0.0700. The van der Waals surface area contributed by atoms with Gasteiger partial charge in [-0.2, -0.15) is 11.8 Å². The van der Waals surface area contributed by atoms with Crippen LogP contribution in [0.4, 0.5) is 0 Å². The van der Waals surface area contributed by atoms with Gasteiger partial charge in [0, 0.05) is 16.1 Å². The van der Waals surface area contributed by atoms with Crippen LogP contribution in [-0.4, -0.2) is 17.5 Å². The van der Waals surface area contributed by atoms with Crippen LogP contribution in [-0.2, 0) is 6.42 Å². The van der Waals surface area contributed by atoms with E-state index in [1.807, 2.05) is 18.2 Å². The molecule has 2 rings (SSSR count). The van der Waals surface area contributed by atoms with E-state index in [1.54, 1.807) is 0 Å². The number of nitrogens with two attached hydrogens (primary N) is 1. The third-order valence-corrected chi connectivity index (χ3v) is 5.32. The molecule has 1 aromatic rings. The molecule has 19 heavy (non-hydrogen) atoms. The maximum atomic E-state index is 6.21. The molecule has 1 fully saturated rings. The summed E-state index contributed by atoms with van der Waals surface area (Å²) in [4.78, 5) is 0. The summed E-state index contributed by atoms with van der Waals surface area (Å²) in [6.45, 7) is 0. The summed E-state index contributed by atoms with van der Waals surface area (Å²) in [5.74, 6) is 9.03. The van der Waals surface area contributed by atoms with Crippen LogP contribution in [0.1, 0.15) is 24.8 Å². The van der Waals surface area contributed by atoms with Crippen molar-refractivity contribution in [2.24, 2.45) is 11.8 Å². The second-order valence-electron chi connectivity index (χ2n) is 5.09. The maximum absolute atomic E-state index is 6.21. The first-order valence-electron chi connectivity index (χ1n) is 6.67. The highest BCUT2D eigenvalue weighted by Crippen LogP contribution is 2.28. The Morgan fingerprint density at radius 2 is 2.05 bits per heavy atom. The van der Waals surface area contributed by atoms with Gasteiger partial charge in [-0.3, -0.25) is 11.3 Å². The smallest absolute Gasteiger partial charge is 0.0439 e. The molecule has 0 saturated carbocycles. The minimum Gasteiger partial charge on any atom is -0.271 e. The summed E-state index contributed by atoms with van der Waals surface area (Å²) >= 11 is 14.3. The summed E-state index contributed by atoms with van der Waals surface area (Å²) in [5.41, 5.74) is 4.01. The topological polar surface area (TPSA) is 38.0 Å². The Morgan fingerprint density at radius 1 is 1.32 bits per heavy atom. The monoisotopic (exact) mass is 318 g/mol. The fourth-order valence-corrected chi connectivity index (χ4v) is 4.15. The molecule has 1 saturated heterocycles. The highest BCUT2D eigenvalue weighted by atomic mass is 35.5. The van der Waals surface area contributed by atoms with E-state index in [1.165, 1.54) is 24.3 Å². The molecule has 0 aliphatic carbocycles. The molecule has 1 heterocycles. The quantitative estimate of drug-likeness (QED) is 0.638. The van der Waals surface area contributed by atoms with Gasteiger partial charge in [-0.1, -0.05) is 23.2 Å². The number of nitrogens with one attached hydrogen (secondary N) is 1. The van der Waals surface area contributed by atoms with E-state index in [9.17, 15) is 0 Å². The van der Waals surface area contributed by atoms with Gasteiger partial charge in [0.05, 0.1) is 0 Å². The van der Waals surface area contributed by atoms with Crippen molar-refractivity contribution in [3.8, 4) is 0 Å². The zero-order chi connectivity index (χ0) is 13.7. The van der Waals surface area contributed by atoms with Crippen LogP contribution in [0.3, 0.4) is 0 Å². The first kappa shape index (κ1) is 15.5. The lowest BCUT2D eigenvalue weighted by Crippen LogP contribution is -2.38. The largest absolute Gasteiger partial charge is 0.271 e. The maximum Gasteiger partial charge on any atom is 0.0439 e. The molecule has 2 nitrogen and oxygen atoms in total. The first-order valence-corrected chi connectivity index (χ1v) is 8.58. The van der Waals surface area contributed by atoms with Gasteiger partial charge in [-0.05, 0) is 66.9 Å². The Kier molecular flexibility index (Phi) is 6.30. The molecule has 1 atom stereocenters. The van der Waals surface area contributed by atoms with E-state index < -0.39 is 0 Å². The molecular weight excluding hydrogens is 299 g/mol. The fourth-order valence-electron chi connectivity index (χ4n) is 2.56. The van der Waals surface area contributed by atoms with Crippen LogP contribution in [0.5, 0.6) is 0 Å². The Balaban J connectivity index is 1.95. The predicted molar refractivity (Wildman–Crippen MR) is 85.9 cm³/mol. The number of hydrogen-bond donors (Lipinski definition) is 2. The SMILES string of the molecule is NNC(Cc1cc(Cl)ccc1Cl)CC1CCSCC1. The molecule has 1 unspecified atom stereocenters. The zero-order valence-electron chi connectivity index (χ0n) is 10.9. The summed E-state index contributed by atoms with van der Waals surface area (Å²) in [7, 11) is 0. The van der Waals surface area contributed by atoms with Crippen molar-refractivity contribution >= 4 is 35.0 Å². The Morgan fingerprint density at radius 3 is 2.74 bits per heavy atom. The summed E-state index contributed by atoms with van der Waals surface area (Å²) < 4.78 is 0. The van der Waals surface area contributed by atoms with E-state index in [0.717, 1.165) is 34.4 Å². The van der Waals surface area contributed by atoms with Gasteiger partial charge in [-0.25, -0.2) is 0 Å². The van der Waals surface area contributed by atoms with Gasteiger partial charge < -0.3 is 0 Å². The van der Waals surface area contributed by atoms with E-state index in [2.05, 4.69) is 17.2 Å². The molecule has 0 bridgehead atoms. The van der Waals surface area contributed by atoms with Gasteiger partial charge in [0.15, 0.2) is 0 Å². The van der Waals surface area contributed by atoms with E-state index >= 15 is 0 Å². The number of rotatable bonds is 5. The highest BCUT2D eigenvalue weighted by Gasteiger charge is 2.19. The van der Waals surface area contributed by atoms with Crippen LogP contribution in [0.2, 0.25) is 10.0 Å². The molecule has 5 heteroatoms. The number of thioether (sulfide) groups is 1. The van der Waals surface area contributed by atoms with Gasteiger partial charge in [0.25, 0.3) is 0 Å². The Bertz CT molecular complexity index is 408. The van der Waals surface area contributed by atoms with Crippen LogP contribution in [0.15, 0.2) is 18.2 Å². The van der Waals surface area contributed by atoms with Crippen molar-refractivity contribution in [2.45, 2.75) is 31.7 Å². The van der Waals surface area contributed by atoms with Crippen molar-refractivity contribution in [1.82, 2.24) is 5.43 Å². The van der Waals surface area contributed by atoms with Crippen molar-refractivity contribution < 1.29 is 0 Å². The highest BCUT2D eigenvalue weighted by molar-refractivity contribution is 7.99. The molecule has 1 aromatic carbocycles. The lowest BCUT2D eigenvalue weighted by Gasteiger charge is -2.26. The van der Waals surface area contributed by atoms with Gasteiger partial charge in [0.2, 0.25) is 0 Å². The second-order valence-corrected chi connectivity index (χ2v) is 7.16. The molecule has 3 N–H and O–H groups in total. The fraction of sp³-hybridized carbons (Fsp3) is 0.571. The first-order chi connectivity index (χ1) is 9.19. The average Bonchev–Trinajstić information content (AvgIpc) is 2.43. The molecule has 1 aliphatic rings. The number of hydrogen-bond acceptors (Lipinski definition) is 3. The number of halogens is 2. The van der Waals surface area contributed by atoms with Crippen molar-refractivity contribution in [3.63, 3.8) is 0 Å². The molecule has 0 radical (unpaired) electrons. The third kappa shape index (κ3) is 4.83. The molecule has 0 aromatic heterocycles. The molecule has 0 spiro atoms. The van der Waals surface area contributed by atoms with Crippen LogP contribution in [0, 0.1) is 5.92 Å². The average molecular weight is 319 g/mol. The lowest BCUT2D eigenvalue weighted by molar-refractivity contribution is 0.366.